The SMILES string of the molecule is Nc1cccc(-c2cc(F)cc(CCCN3CCCC3)c2)c1N. The van der Waals surface area contributed by atoms with Crippen LogP contribution >= 0.6 is 0 Å². The van der Waals surface area contributed by atoms with Gasteiger partial charge >= 0.3 is 0 Å². The van der Waals surface area contributed by atoms with Gasteiger partial charge in [-0.15, -0.1) is 0 Å². The first-order valence-electron chi connectivity index (χ1n) is 8.29. The number of halogens is 1. The van der Waals surface area contributed by atoms with Gasteiger partial charge in [-0.3, -0.25) is 0 Å². The molecule has 0 amide bonds. The molecule has 23 heavy (non-hydrogen) atoms. The van der Waals surface area contributed by atoms with Gasteiger partial charge in [0.05, 0.1) is 11.4 Å². The van der Waals surface area contributed by atoms with Crippen molar-refractivity contribution in [3.63, 3.8) is 0 Å². The predicted octanol–water partition coefficient (Wildman–Crippen LogP) is 3.69. The van der Waals surface area contributed by atoms with Crippen LogP contribution in [0.15, 0.2) is 36.4 Å². The second-order valence-electron chi connectivity index (χ2n) is 6.31. The van der Waals surface area contributed by atoms with Crippen LogP contribution < -0.4 is 11.5 Å². The van der Waals surface area contributed by atoms with Crippen molar-refractivity contribution in [3.05, 3.63) is 47.8 Å². The van der Waals surface area contributed by atoms with E-state index >= 15 is 0 Å². The monoisotopic (exact) mass is 313 g/mol. The number of benzene rings is 2. The van der Waals surface area contributed by atoms with Crippen molar-refractivity contribution in [3.8, 4) is 11.1 Å². The summed E-state index contributed by atoms with van der Waals surface area (Å²) in [7, 11) is 0. The van der Waals surface area contributed by atoms with Crippen molar-refractivity contribution in [2.24, 2.45) is 0 Å². The molecule has 1 fully saturated rings. The molecule has 1 saturated heterocycles. The Morgan fingerprint density at radius 1 is 1.04 bits per heavy atom. The van der Waals surface area contributed by atoms with Crippen molar-refractivity contribution in [2.45, 2.75) is 25.7 Å². The Morgan fingerprint density at radius 2 is 1.83 bits per heavy atom. The summed E-state index contributed by atoms with van der Waals surface area (Å²) in [4.78, 5) is 2.48. The van der Waals surface area contributed by atoms with E-state index in [1.165, 1.54) is 32.0 Å². The molecule has 0 atom stereocenters. The Hall–Kier alpha value is -2.07. The maximum Gasteiger partial charge on any atom is 0.124 e. The normalized spacial score (nSPS) is 15.2. The van der Waals surface area contributed by atoms with E-state index in [1.807, 2.05) is 18.2 Å². The fraction of sp³-hybridized carbons (Fsp3) is 0.368. The summed E-state index contributed by atoms with van der Waals surface area (Å²) in [6.07, 6.45) is 4.54. The van der Waals surface area contributed by atoms with E-state index in [0.29, 0.717) is 11.4 Å². The first kappa shape index (κ1) is 15.8. The van der Waals surface area contributed by atoms with Gasteiger partial charge in [0.25, 0.3) is 0 Å². The first-order valence-corrected chi connectivity index (χ1v) is 8.29. The lowest BCUT2D eigenvalue weighted by Gasteiger charge is -2.14. The number of hydrogen-bond acceptors (Lipinski definition) is 3. The average molecular weight is 313 g/mol. The molecule has 2 aromatic carbocycles. The second-order valence-corrected chi connectivity index (χ2v) is 6.31. The minimum atomic E-state index is -0.222. The Labute approximate surface area is 137 Å². The minimum absolute atomic E-state index is 0.222. The molecule has 1 aliphatic rings. The van der Waals surface area contributed by atoms with E-state index in [-0.39, 0.29) is 5.82 Å². The molecule has 0 bridgehead atoms. The summed E-state index contributed by atoms with van der Waals surface area (Å²) in [6, 6.07) is 10.7. The summed E-state index contributed by atoms with van der Waals surface area (Å²) in [5.41, 5.74) is 15.6. The van der Waals surface area contributed by atoms with Crippen LogP contribution in [0, 0.1) is 5.82 Å². The zero-order chi connectivity index (χ0) is 16.2. The Balaban J connectivity index is 1.74. The first-order chi connectivity index (χ1) is 11.1. The fourth-order valence-corrected chi connectivity index (χ4v) is 3.30. The zero-order valence-corrected chi connectivity index (χ0v) is 13.4. The molecule has 0 saturated carbocycles. The van der Waals surface area contributed by atoms with Crippen LogP contribution in [0.25, 0.3) is 11.1 Å². The Morgan fingerprint density at radius 3 is 2.61 bits per heavy atom. The number of para-hydroxylation sites is 1. The molecule has 4 heteroatoms. The molecule has 2 aromatic rings. The van der Waals surface area contributed by atoms with Crippen molar-refractivity contribution in [1.82, 2.24) is 4.90 Å². The topological polar surface area (TPSA) is 55.3 Å². The van der Waals surface area contributed by atoms with Gasteiger partial charge in [-0.25, -0.2) is 4.39 Å². The van der Waals surface area contributed by atoms with Crippen LogP contribution in [0.3, 0.4) is 0 Å². The highest BCUT2D eigenvalue weighted by atomic mass is 19.1. The molecule has 3 nitrogen and oxygen atoms in total. The lowest BCUT2D eigenvalue weighted by molar-refractivity contribution is 0.334. The standard InChI is InChI=1S/C19H24FN3/c20-16-12-14(5-4-10-23-8-1-2-9-23)11-15(13-16)17-6-3-7-18(21)19(17)22/h3,6-7,11-13H,1-2,4-5,8-10,21-22H2. The van der Waals surface area contributed by atoms with Crippen LogP contribution in [-0.4, -0.2) is 24.5 Å². The smallest absolute Gasteiger partial charge is 0.124 e. The fourth-order valence-electron chi connectivity index (χ4n) is 3.30. The molecular weight excluding hydrogens is 289 g/mol. The highest BCUT2D eigenvalue weighted by Gasteiger charge is 2.11. The number of nitrogens with zero attached hydrogens (tertiary/aromatic N) is 1. The third kappa shape index (κ3) is 3.82. The van der Waals surface area contributed by atoms with Crippen LogP contribution in [0.5, 0.6) is 0 Å². The van der Waals surface area contributed by atoms with Crippen molar-refractivity contribution in [2.75, 3.05) is 31.1 Å². The predicted molar refractivity (Wildman–Crippen MR) is 94.7 cm³/mol. The molecule has 3 rings (SSSR count). The maximum atomic E-state index is 14.0. The van der Waals surface area contributed by atoms with Gasteiger partial charge in [0.15, 0.2) is 0 Å². The highest BCUT2D eigenvalue weighted by Crippen LogP contribution is 2.31. The quantitative estimate of drug-likeness (QED) is 0.828. The van der Waals surface area contributed by atoms with Crippen LogP contribution in [0.1, 0.15) is 24.8 Å². The van der Waals surface area contributed by atoms with Crippen LogP contribution in [0.4, 0.5) is 15.8 Å². The van der Waals surface area contributed by atoms with Gasteiger partial charge in [-0.1, -0.05) is 18.2 Å². The number of anilines is 2. The molecular formula is C19H24FN3. The number of likely N-dealkylation sites (tertiary alicyclic amines) is 1. The Kier molecular flexibility index (Phi) is 4.82. The van der Waals surface area contributed by atoms with Gasteiger partial charge in [0, 0.05) is 5.56 Å². The molecule has 0 aliphatic carbocycles. The number of nitrogens with two attached hydrogens (primary N) is 2. The lowest BCUT2D eigenvalue weighted by atomic mass is 9.98. The number of nitrogen functional groups attached to an aromatic ring is 2. The van der Waals surface area contributed by atoms with Gasteiger partial charge in [-0.2, -0.15) is 0 Å². The van der Waals surface area contributed by atoms with Crippen LogP contribution in [0.2, 0.25) is 0 Å². The summed E-state index contributed by atoms with van der Waals surface area (Å²) < 4.78 is 14.0. The largest absolute Gasteiger partial charge is 0.397 e. The van der Waals surface area contributed by atoms with Crippen molar-refractivity contribution in [1.29, 1.82) is 0 Å². The Bertz CT molecular complexity index is 678. The van der Waals surface area contributed by atoms with Gasteiger partial charge in [0.1, 0.15) is 5.82 Å². The molecule has 0 radical (unpaired) electrons. The minimum Gasteiger partial charge on any atom is -0.397 e. The third-order valence-electron chi connectivity index (χ3n) is 4.55. The van der Waals surface area contributed by atoms with E-state index in [1.54, 1.807) is 12.1 Å². The van der Waals surface area contributed by atoms with Crippen LogP contribution in [-0.2, 0) is 6.42 Å². The third-order valence-corrected chi connectivity index (χ3v) is 4.55. The average Bonchev–Trinajstić information content (AvgIpc) is 3.03. The zero-order valence-electron chi connectivity index (χ0n) is 13.4. The summed E-state index contributed by atoms with van der Waals surface area (Å²) in [6.45, 7) is 3.49. The van der Waals surface area contributed by atoms with Gasteiger partial charge < -0.3 is 16.4 Å². The highest BCUT2D eigenvalue weighted by molar-refractivity contribution is 5.84. The van der Waals surface area contributed by atoms with Gasteiger partial charge in [-0.05, 0) is 74.6 Å². The summed E-state index contributed by atoms with van der Waals surface area (Å²) in [5.74, 6) is -0.222. The molecule has 1 heterocycles. The number of aryl methyl sites for hydroxylation is 1. The molecule has 4 N–H and O–H groups in total. The van der Waals surface area contributed by atoms with Crippen molar-refractivity contribution >= 4 is 11.4 Å². The summed E-state index contributed by atoms with van der Waals surface area (Å²) in [5, 5.41) is 0. The van der Waals surface area contributed by atoms with Gasteiger partial charge in [0.2, 0.25) is 0 Å². The molecule has 0 spiro atoms. The lowest BCUT2D eigenvalue weighted by Crippen LogP contribution is -2.20. The number of hydrogen-bond donors (Lipinski definition) is 2. The molecule has 0 aromatic heterocycles. The summed E-state index contributed by atoms with van der Waals surface area (Å²) >= 11 is 0. The van der Waals surface area contributed by atoms with E-state index in [9.17, 15) is 4.39 Å². The molecule has 122 valence electrons. The molecule has 0 unspecified atom stereocenters. The molecule has 1 aliphatic heterocycles. The number of rotatable bonds is 5. The van der Waals surface area contributed by atoms with E-state index < -0.39 is 0 Å². The second kappa shape index (κ2) is 7.01. The maximum absolute atomic E-state index is 14.0. The van der Waals surface area contributed by atoms with E-state index in [2.05, 4.69) is 4.90 Å². The van der Waals surface area contributed by atoms with E-state index in [0.717, 1.165) is 36.1 Å². The van der Waals surface area contributed by atoms with E-state index in [4.69, 9.17) is 11.5 Å². The van der Waals surface area contributed by atoms with Crippen molar-refractivity contribution < 1.29 is 4.39 Å².